The average molecular weight is 182 g/mol. The Balaban J connectivity index is 1.76. The van der Waals surface area contributed by atoms with E-state index in [1.165, 1.54) is 34.8 Å². The quantitative estimate of drug-likeness (QED) is 0.592. The molecule has 3 heteroatoms. The summed E-state index contributed by atoms with van der Waals surface area (Å²) >= 11 is 1.34. The molecule has 1 saturated heterocycles. The van der Waals surface area contributed by atoms with Crippen LogP contribution in [0.4, 0.5) is 0 Å². The maximum Gasteiger partial charge on any atom is 0.234 e. The van der Waals surface area contributed by atoms with E-state index in [0.29, 0.717) is 6.04 Å². The van der Waals surface area contributed by atoms with Gasteiger partial charge in [-0.1, -0.05) is 19.3 Å². The Morgan fingerprint density at radius 3 is 2.42 bits per heavy atom. The number of rotatable bonds is 3. The van der Waals surface area contributed by atoms with Crippen LogP contribution in [0.3, 0.4) is 0 Å². The Morgan fingerprint density at radius 2 is 2.00 bits per heavy atom. The van der Waals surface area contributed by atoms with E-state index in [0.717, 1.165) is 17.9 Å². The van der Waals surface area contributed by atoms with Crippen molar-refractivity contribution >= 4 is 16.3 Å². The van der Waals surface area contributed by atoms with E-state index in [1.54, 1.807) is 0 Å². The third-order valence-electron chi connectivity index (χ3n) is 3.24. The normalized spacial score (nSPS) is 40.4. The number of nitrogens with one attached hydrogen (secondary N) is 1. The summed E-state index contributed by atoms with van der Waals surface area (Å²) in [6.45, 7) is 7.24. The summed E-state index contributed by atoms with van der Waals surface area (Å²) in [5.74, 6) is 2.00. The molecule has 3 atom stereocenters. The highest BCUT2D eigenvalue weighted by Gasteiger charge is 2.54. The van der Waals surface area contributed by atoms with Crippen LogP contribution in [0.25, 0.3) is 0 Å². The van der Waals surface area contributed by atoms with E-state index >= 15 is 0 Å². The van der Waals surface area contributed by atoms with Crippen molar-refractivity contribution in [3.05, 3.63) is 0 Å². The van der Waals surface area contributed by atoms with Crippen molar-refractivity contribution in [2.45, 2.75) is 25.9 Å². The van der Waals surface area contributed by atoms with E-state index in [2.05, 4.69) is 24.1 Å². The molecule has 2 rings (SSSR count). The lowest BCUT2D eigenvalue weighted by molar-refractivity contribution is 0.328. The molecule has 1 N–H and O–H groups in total. The fourth-order valence-electron chi connectivity index (χ4n) is 2.50. The van der Waals surface area contributed by atoms with Crippen LogP contribution in [-0.4, -0.2) is 51.8 Å². The van der Waals surface area contributed by atoms with Crippen LogP contribution >= 0.6 is 0 Å². The minimum Gasteiger partial charge on any atom is -0.317 e. The summed E-state index contributed by atoms with van der Waals surface area (Å²) in [5, 5.41) is 5.02. The summed E-state index contributed by atoms with van der Waals surface area (Å²) in [7, 11) is 0. The number of hydrogen-bond acceptors (Lipinski definition) is 2. The van der Waals surface area contributed by atoms with E-state index in [9.17, 15) is 0 Å². The summed E-state index contributed by atoms with van der Waals surface area (Å²) in [5.41, 5.74) is 0. The molecule has 0 aromatic rings. The number of likely N-dealkylation sites (tertiary alicyclic amines) is 1. The molecule has 0 aromatic carbocycles. The summed E-state index contributed by atoms with van der Waals surface area (Å²) in [6, 6.07) is 1.54. The topological polar surface area (TPSA) is 15.3 Å². The van der Waals surface area contributed by atoms with Gasteiger partial charge in [0.2, 0.25) is 16.3 Å². The Morgan fingerprint density at radius 1 is 1.42 bits per heavy atom. The predicted octanol–water partition coefficient (Wildman–Crippen LogP) is -0.495. The minimum atomic E-state index is 0.671. The maximum atomic E-state index is 3.65. The number of piperidine rings is 1. The van der Waals surface area contributed by atoms with Gasteiger partial charge in [0.1, 0.15) is 0 Å². The van der Waals surface area contributed by atoms with Crippen molar-refractivity contribution in [1.82, 2.24) is 10.2 Å². The van der Waals surface area contributed by atoms with Crippen LogP contribution in [0, 0.1) is 11.8 Å². The second kappa shape index (κ2) is 3.31. The van der Waals surface area contributed by atoms with Crippen LogP contribution in [0.1, 0.15) is 13.8 Å². The molecule has 1 heterocycles. The molecule has 2 fully saturated rings. The van der Waals surface area contributed by atoms with Gasteiger partial charge in [0.05, 0.1) is 0 Å². The predicted molar refractivity (Wildman–Crippen MR) is 54.0 cm³/mol. The Kier molecular flexibility index (Phi) is 2.49. The zero-order valence-electron chi connectivity index (χ0n) is 8.38. The molecule has 2 nitrogen and oxygen atoms in total. The third-order valence-corrected chi connectivity index (χ3v) is 4.14. The Bertz CT molecular complexity index is 160. The lowest BCUT2D eigenvalue weighted by Gasteiger charge is -2.18. The lowest BCUT2D eigenvalue weighted by Crippen LogP contribution is -2.34. The van der Waals surface area contributed by atoms with Crippen molar-refractivity contribution in [3.63, 3.8) is 0 Å². The molecule has 2 aliphatic rings. The van der Waals surface area contributed by atoms with Crippen molar-refractivity contribution < 1.29 is 0 Å². The van der Waals surface area contributed by atoms with Crippen molar-refractivity contribution in [2.75, 3.05) is 18.5 Å². The molecule has 0 amide bonds. The first-order valence-corrected chi connectivity index (χ1v) is 6.62. The zero-order chi connectivity index (χ0) is 8.72. The zero-order valence-corrected chi connectivity index (χ0v) is 10.4. The molecule has 68 valence electrons. The minimum absolute atomic E-state index is 0.671. The first-order valence-electron chi connectivity index (χ1n) is 5.20. The standard InChI is InChI=1S/C9H17N2.Al.2H/c1-6(2)10-9-7-4-11(3)5-8(7)9;;;/h6-10H,3-5H2,1-2H3;;;/t7-,8+,9?;;;. The van der Waals surface area contributed by atoms with Gasteiger partial charge in [-0.3, -0.25) is 0 Å². The molecule has 12 heavy (non-hydrogen) atoms. The second-order valence-corrected chi connectivity index (χ2v) is 5.16. The van der Waals surface area contributed by atoms with Gasteiger partial charge in [-0.05, 0) is 11.8 Å². The largest absolute Gasteiger partial charge is 0.317 e. The van der Waals surface area contributed by atoms with E-state index in [-0.39, 0.29) is 0 Å². The van der Waals surface area contributed by atoms with Crippen molar-refractivity contribution in [2.24, 2.45) is 11.8 Å². The van der Waals surface area contributed by atoms with Crippen molar-refractivity contribution in [3.8, 4) is 0 Å². The highest BCUT2D eigenvalue weighted by Crippen LogP contribution is 2.45. The van der Waals surface area contributed by atoms with E-state index < -0.39 is 0 Å². The van der Waals surface area contributed by atoms with Gasteiger partial charge in [-0.15, -0.1) is 0 Å². The highest BCUT2D eigenvalue weighted by atomic mass is 27.0. The lowest BCUT2D eigenvalue weighted by atomic mass is 10.3. The fourth-order valence-corrected chi connectivity index (χ4v) is 3.02. The molecule has 0 spiro atoms. The smallest absolute Gasteiger partial charge is 0.234 e. The summed E-state index contributed by atoms with van der Waals surface area (Å²) in [6.07, 6.45) is 0. The van der Waals surface area contributed by atoms with Crippen LogP contribution in [-0.2, 0) is 0 Å². The van der Waals surface area contributed by atoms with E-state index in [4.69, 9.17) is 0 Å². The molecule has 1 unspecified atom stereocenters. The van der Waals surface area contributed by atoms with E-state index in [1.807, 2.05) is 0 Å². The molecule has 0 aromatic heterocycles. The maximum absolute atomic E-state index is 3.65. The van der Waals surface area contributed by atoms with Crippen LogP contribution in [0.5, 0.6) is 0 Å². The van der Waals surface area contributed by atoms with Crippen LogP contribution in [0.15, 0.2) is 0 Å². The van der Waals surface area contributed by atoms with Gasteiger partial charge in [0, 0.05) is 25.2 Å². The van der Waals surface area contributed by atoms with Crippen LogP contribution < -0.4 is 5.32 Å². The fraction of sp³-hybridized carbons (Fsp3) is 1.00. The number of hydrogen-bond donors (Lipinski definition) is 1. The third kappa shape index (κ3) is 1.56. The average Bonchev–Trinajstić information content (AvgIpc) is 2.47. The highest BCUT2D eigenvalue weighted by molar-refractivity contribution is 6.08. The molecule has 0 bridgehead atoms. The Hall–Kier alpha value is 0.452. The number of nitrogens with zero attached hydrogens (tertiary/aromatic N) is 1. The van der Waals surface area contributed by atoms with Crippen molar-refractivity contribution in [1.29, 1.82) is 0 Å². The second-order valence-electron chi connectivity index (χ2n) is 4.53. The molecule has 1 aliphatic carbocycles. The van der Waals surface area contributed by atoms with Gasteiger partial charge in [0.15, 0.2) is 0 Å². The molecule has 1 aliphatic heterocycles. The molecular formula is C9H19AlN2. The number of fused-ring (bicyclic) bond motifs is 1. The van der Waals surface area contributed by atoms with Gasteiger partial charge in [-0.25, -0.2) is 0 Å². The summed E-state index contributed by atoms with van der Waals surface area (Å²) < 4.78 is 0. The first kappa shape index (κ1) is 9.03. The SMILES string of the molecule is CC(C)NC1[C@H]2CN([CH2][AlH2])C[C@@H]12. The van der Waals surface area contributed by atoms with Gasteiger partial charge in [-0.2, -0.15) is 0 Å². The molecule has 0 radical (unpaired) electrons. The monoisotopic (exact) mass is 182 g/mol. The van der Waals surface area contributed by atoms with Gasteiger partial charge in [0.25, 0.3) is 0 Å². The molecular weight excluding hydrogens is 163 g/mol. The van der Waals surface area contributed by atoms with Crippen LogP contribution in [0.2, 0.25) is 0 Å². The Labute approximate surface area is 83.1 Å². The van der Waals surface area contributed by atoms with Gasteiger partial charge < -0.3 is 10.2 Å². The van der Waals surface area contributed by atoms with Gasteiger partial charge >= 0.3 is 0 Å². The molecule has 1 saturated carbocycles. The first-order chi connectivity index (χ1) is 5.72. The summed E-state index contributed by atoms with van der Waals surface area (Å²) in [4.78, 5) is 2.63.